The van der Waals surface area contributed by atoms with Crippen molar-refractivity contribution >= 4 is 5.69 Å². The molecule has 19 heavy (non-hydrogen) atoms. The summed E-state index contributed by atoms with van der Waals surface area (Å²) >= 11 is 0. The van der Waals surface area contributed by atoms with Crippen LogP contribution in [-0.4, -0.2) is 0 Å². The van der Waals surface area contributed by atoms with Gasteiger partial charge in [0.15, 0.2) is 11.6 Å². The zero-order valence-electron chi connectivity index (χ0n) is 10.7. The van der Waals surface area contributed by atoms with E-state index in [-0.39, 0.29) is 11.9 Å². The van der Waals surface area contributed by atoms with Crippen LogP contribution >= 0.6 is 0 Å². The van der Waals surface area contributed by atoms with Crippen LogP contribution in [0.3, 0.4) is 0 Å². The van der Waals surface area contributed by atoms with Gasteiger partial charge in [-0.2, -0.15) is 0 Å². The van der Waals surface area contributed by atoms with Crippen LogP contribution in [0, 0.1) is 24.4 Å². The summed E-state index contributed by atoms with van der Waals surface area (Å²) in [7, 11) is 0. The zero-order chi connectivity index (χ0) is 14.0. The minimum Gasteiger partial charge on any atom is -0.378 e. The van der Waals surface area contributed by atoms with Crippen LogP contribution < -0.4 is 5.32 Å². The fourth-order valence-electron chi connectivity index (χ4n) is 1.80. The SMILES string of the molecule is Cc1ccc(NC(C)c2ccc(F)c(F)c2)cc1F. The minimum atomic E-state index is -0.888. The van der Waals surface area contributed by atoms with Crippen molar-refractivity contribution in [3.63, 3.8) is 0 Å². The third-order valence-corrected chi connectivity index (χ3v) is 3.00. The molecule has 0 spiro atoms. The smallest absolute Gasteiger partial charge is 0.159 e. The first-order valence-electron chi connectivity index (χ1n) is 5.95. The number of anilines is 1. The summed E-state index contributed by atoms with van der Waals surface area (Å²) in [6.45, 7) is 3.47. The molecule has 0 radical (unpaired) electrons. The summed E-state index contributed by atoms with van der Waals surface area (Å²) in [5.41, 5.74) is 1.76. The van der Waals surface area contributed by atoms with E-state index in [1.54, 1.807) is 26.0 Å². The second-order valence-electron chi connectivity index (χ2n) is 4.50. The second-order valence-corrected chi connectivity index (χ2v) is 4.50. The van der Waals surface area contributed by atoms with E-state index in [2.05, 4.69) is 5.32 Å². The summed E-state index contributed by atoms with van der Waals surface area (Å²) in [4.78, 5) is 0. The van der Waals surface area contributed by atoms with Crippen molar-refractivity contribution < 1.29 is 13.2 Å². The zero-order valence-corrected chi connectivity index (χ0v) is 10.7. The predicted molar refractivity (Wildman–Crippen MR) is 69.5 cm³/mol. The molecule has 100 valence electrons. The number of hydrogen-bond acceptors (Lipinski definition) is 1. The van der Waals surface area contributed by atoms with Gasteiger partial charge in [-0.15, -0.1) is 0 Å². The Hall–Kier alpha value is -1.97. The van der Waals surface area contributed by atoms with Crippen LogP contribution in [0.5, 0.6) is 0 Å². The maximum absolute atomic E-state index is 13.4. The minimum absolute atomic E-state index is 0.253. The highest BCUT2D eigenvalue weighted by Crippen LogP contribution is 2.22. The van der Waals surface area contributed by atoms with Gasteiger partial charge in [-0.1, -0.05) is 12.1 Å². The average Bonchev–Trinajstić information content (AvgIpc) is 2.37. The van der Waals surface area contributed by atoms with Crippen LogP contribution in [0.25, 0.3) is 0 Å². The Balaban J connectivity index is 2.17. The van der Waals surface area contributed by atoms with E-state index < -0.39 is 11.6 Å². The lowest BCUT2D eigenvalue weighted by atomic mass is 10.1. The maximum Gasteiger partial charge on any atom is 0.159 e. The molecule has 0 aliphatic rings. The van der Waals surface area contributed by atoms with Gasteiger partial charge in [0.05, 0.1) is 0 Å². The summed E-state index contributed by atoms with van der Waals surface area (Å²) in [6, 6.07) is 8.25. The lowest BCUT2D eigenvalue weighted by Gasteiger charge is -2.16. The Morgan fingerprint density at radius 2 is 1.63 bits per heavy atom. The number of nitrogens with one attached hydrogen (secondary N) is 1. The third kappa shape index (κ3) is 3.08. The lowest BCUT2D eigenvalue weighted by molar-refractivity contribution is 0.506. The van der Waals surface area contributed by atoms with Crippen LogP contribution in [0.4, 0.5) is 18.9 Å². The quantitative estimate of drug-likeness (QED) is 0.856. The number of halogens is 3. The molecule has 0 saturated carbocycles. The molecule has 0 aromatic heterocycles. The molecule has 0 fully saturated rings. The van der Waals surface area contributed by atoms with Crippen LogP contribution in [0.15, 0.2) is 36.4 Å². The molecule has 0 saturated heterocycles. The Bertz CT molecular complexity index is 596. The van der Waals surface area contributed by atoms with Crippen molar-refractivity contribution in [2.45, 2.75) is 19.9 Å². The second kappa shape index (κ2) is 5.34. The topological polar surface area (TPSA) is 12.0 Å². The van der Waals surface area contributed by atoms with Crippen molar-refractivity contribution in [3.8, 4) is 0 Å². The molecule has 1 N–H and O–H groups in total. The van der Waals surface area contributed by atoms with Gasteiger partial charge in [-0.3, -0.25) is 0 Å². The normalized spacial score (nSPS) is 12.3. The first-order chi connectivity index (χ1) is 8.97. The molecule has 0 aliphatic heterocycles. The third-order valence-electron chi connectivity index (χ3n) is 3.00. The number of rotatable bonds is 3. The highest BCUT2D eigenvalue weighted by molar-refractivity contribution is 5.47. The summed E-state index contributed by atoms with van der Waals surface area (Å²) < 4.78 is 39.4. The van der Waals surface area contributed by atoms with Crippen LogP contribution in [-0.2, 0) is 0 Å². The molecule has 2 aromatic rings. The van der Waals surface area contributed by atoms with Crippen molar-refractivity contribution in [2.75, 3.05) is 5.32 Å². The average molecular weight is 265 g/mol. The van der Waals surface area contributed by atoms with E-state index in [9.17, 15) is 13.2 Å². The molecule has 0 amide bonds. The Labute approximate surface area is 110 Å². The molecule has 2 rings (SSSR count). The fraction of sp³-hybridized carbons (Fsp3) is 0.200. The van der Waals surface area contributed by atoms with Gasteiger partial charge in [0.25, 0.3) is 0 Å². The summed E-state index contributed by atoms with van der Waals surface area (Å²) in [5, 5.41) is 3.04. The fourth-order valence-corrected chi connectivity index (χ4v) is 1.80. The van der Waals surface area contributed by atoms with E-state index in [1.807, 2.05) is 0 Å². The van der Waals surface area contributed by atoms with Gasteiger partial charge >= 0.3 is 0 Å². The largest absolute Gasteiger partial charge is 0.378 e. The van der Waals surface area contributed by atoms with E-state index in [0.717, 1.165) is 12.1 Å². The summed E-state index contributed by atoms with van der Waals surface area (Å²) in [6.07, 6.45) is 0. The Kier molecular flexibility index (Phi) is 3.79. The molecule has 0 aliphatic carbocycles. The molecular formula is C15H14F3N. The Morgan fingerprint density at radius 1 is 0.895 bits per heavy atom. The predicted octanol–water partition coefficient (Wildman–Crippen LogP) is 4.59. The molecule has 1 nitrogen and oxygen atoms in total. The number of aryl methyl sites for hydroxylation is 1. The van der Waals surface area contributed by atoms with Crippen molar-refractivity contribution in [1.29, 1.82) is 0 Å². The van der Waals surface area contributed by atoms with E-state index >= 15 is 0 Å². The van der Waals surface area contributed by atoms with Gasteiger partial charge in [-0.25, -0.2) is 13.2 Å². The van der Waals surface area contributed by atoms with Crippen molar-refractivity contribution in [2.24, 2.45) is 0 Å². The van der Waals surface area contributed by atoms with Crippen molar-refractivity contribution in [1.82, 2.24) is 0 Å². The number of hydrogen-bond donors (Lipinski definition) is 1. The lowest BCUT2D eigenvalue weighted by Crippen LogP contribution is -2.07. The van der Waals surface area contributed by atoms with Crippen molar-refractivity contribution in [3.05, 3.63) is 65.0 Å². The van der Waals surface area contributed by atoms with E-state index in [4.69, 9.17) is 0 Å². The monoisotopic (exact) mass is 265 g/mol. The van der Waals surface area contributed by atoms with E-state index in [0.29, 0.717) is 16.8 Å². The molecular weight excluding hydrogens is 251 g/mol. The Morgan fingerprint density at radius 3 is 2.26 bits per heavy atom. The highest BCUT2D eigenvalue weighted by Gasteiger charge is 2.09. The molecule has 0 bridgehead atoms. The molecule has 1 atom stereocenters. The first kappa shape index (κ1) is 13.5. The van der Waals surface area contributed by atoms with Gasteiger partial charge in [0.1, 0.15) is 5.82 Å². The molecule has 1 unspecified atom stereocenters. The van der Waals surface area contributed by atoms with Gasteiger partial charge in [0, 0.05) is 11.7 Å². The highest BCUT2D eigenvalue weighted by atomic mass is 19.2. The number of benzene rings is 2. The maximum atomic E-state index is 13.4. The first-order valence-corrected chi connectivity index (χ1v) is 5.95. The molecule has 4 heteroatoms. The van der Waals surface area contributed by atoms with E-state index in [1.165, 1.54) is 12.1 Å². The van der Waals surface area contributed by atoms with Gasteiger partial charge < -0.3 is 5.32 Å². The van der Waals surface area contributed by atoms with Crippen LogP contribution in [0.2, 0.25) is 0 Å². The standard InChI is InChI=1S/C15H14F3N/c1-9-3-5-12(8-14(9)17)19-10(2)11-4-6-13(16)15(18)7-11/h3-8,10,19H,1-2H3. The molecule has 2 aromatic carbocycles. The van der Waals surface area contributed by atoms with Gasteiger partial charge in [0.2, 0.25) is 0 Å². The van der Waals surface area contributed by atoms with Crippen LogP contribution in [0.1, 0.15) is 24.1 Å². The van der Waals surface area contributed by atoms with Gasteiger partial charge in [-0.05, 0) is 49.2 Å². The molecule has 0 heterocycles. The summed E-state index contributed by atoms with van der Waals surface area (Å²) in [5.74, 6) is -2.07.